The van der Waals surface area contributed by atoms with Crippen LogP contribution in [0.15, 0.2) is 18.2 Å². The van der Waals surface area contributed by atoms with Gasteiger partial charge >= 0.3 is 24.4 Å². The first kappa shape index (κ1) is 23.4. The van der Waals surface area contributed by atoms with E-state index in [2.05, 4.69) is 0 Å². The quantitative estimate of drug-likeness (QED) is 0.706. The van der Waals surface area contributed by atoms with Crippen LogP contribution in [0.1, 0.15) is 31.9 Å². The Bertz CT molecular complexity index is 691. The van der Waals surface area contributed by atoms with Crippen LogP contribution in [0, 0.1) is 0 Å². The van der Waals surface area contributed by atoms with Gasteiger partial charge in [-0.1, -0.05) is 0 Å². The van der Waals surface area contributed by atoms with Gasteiger partial charge in [0.05, 0.1) is 11.1 Å². The topological polar surface area (TPSA) is 84.9 Å². The molecule has 0 saturated carbocycles. The van der Waals surface area contributed by atoms with Gasteiger partial charge in [0.2, 0.25) is 0 Å². The number of nitrogens with one attached hydrogen (secondary N) is 1. The van der Waals surface area contributed by atoms with E-state index in [1.54, 1.807) is 0 Å². The van der Waals surface area contributed by atoms with Crippen molar-refractivity contribution in [2.75, 3.05) is 6.61 Å². The van der Waals surface area contributed by atoms with Gasteiger partial charge in [-0.3, -0.25) is 0 Å². The molecule has 0 heterocycles. The lowest BCUT2D eigenvalue weighted by Gasteiger charge is -2.22. The van der Waals surface area contributed by atoms with Gasteiger partial charge in [-0.2, -0.15) is 26.3 Å². The Morgan fingerprint density at radius 1 is 1.00 bits per heavy atom. The molecule has 1 atom stereocenters. The van der Waals surface area contributed by atoms with Gasteiger partial charge in [0.1, 0.15) is 18.0 Å². The number of carbonyl (C=O) groups excluding carboxylic acids is 1. The average molecular weight is 417 g/mol. The van der Waals surface area contributed by atoms with Crippen LogP contribution < -0.4 is 10.1 Å². The van der Waals surface area contributed by atoms with Crippen LogP contribution in [0.25, 0.3) is 0 Å². The third kappa shape index (κ3) is 7.53. The molecule has 1 aromatic rings. The monoisotopic (exact) mass is 417 g/mol. The number of carbonyl (C=O) groups is 2. The number of alkyl halides is 6. The summed E-state index contributed by atoms with van der Waals surface area (Å²) < 4.78 is 86.4. The third-order valence-electron chi connectivity index (χ3n) is 2.97. The van der Waals surface area contributed by atoms with Crippen LogP contribution in [-0.4, -0.2) is 35.4 Å². The van der Waals surface area contributed by atoms with Crippen LogP contribution in [0.3, 0.4) is 0 Å². The van der Waals surface area contributed by atoms with E-state index in [-0.39, 0.29) is 6.07 Å². The Morgan fingerprint density at radius 3 is 1.82 bits per heavy atom. The number of benzene rings is 1. The standard InChI is InChI=1S/C16H17F6NO5/c1-14(2,3)28-13(26)23-11(12(24)25)7-27-10-5-8(15(17,18)19)4-9(6-10)16(20,21)22/h4-6,11H,7H2,1-3H3,(H,23,26)(H,24,25). The van der Waals surface area contributed by atoms with Gasteiger partial charge in [-0.15, -0.1) is 0 Å². The van der Waals surface area contributed by atoms with E-state index < -0.39 is 59.5 Å². The molecule has 0 spiro atoms. The largest absolute Gasteiger partial charge is 0.491 e. The summed E-state index contributed by atoms with van der Waals surface area (Å²) in [5.41, 5.74) is -4.20. The number of amides is 1. The third-order valence-corrected chi connectivity index (χ3v) is 2.97. The minimum Gasteiger partial charge on any atom is -0.491 e. The minimum absolute atomic E-state index is 0.0967. The van der Waals surface area contributed by atoms with Crippen LogP contribution in [-0.2, 0) is 21.9 Å². The molecule has 0 saturated heterocycles. The highest BCUT2D eigenvalue weighted by Crippen LogP contribution is 2.38. The lowest BCUT2D eigenvalue weighted by atomic mass is 10.1. The van der Waals surface area contributed by atoms with Crippen molar-refractivity contribution in [3.05, 3.63) is 29.3 Å². The molecule has 0 aliphatic carbocycles. The number of hydrogen-bond acceptors (Lipinski definition) is 4. The summed E-state index contributed by atoms with van der Waals surface area (Å²) in [6.07, 6.45) is -11.3. The second-order valence-corrected chi connectivity index (χ2v) is 6.59. The predicted molar refractivity (Wildman–Crippen MR) is 82.7 cm³/mol. The Kier molecular flexibility index (Phi) is 6.80. The van der Waals surface area contributed by atoms with E-state index in [4.69, 9.17) is 14.6 Å². The molecule has 0 radical (unpaired) electrons. The maximum absolute atomic E-state index is 12.8. The Hall–Kier alpha value is -2.66. The van der Waals surface area contributed by atoms with Gasteiger partial charge in [0.15, 0.2) is 6.04 Å². The SMILES string of the molecule is CC(C)(C)OC(=O)NC(COc1cc(C(F)(F)F)cc(C(F)(F)F)c1)C(=O)O. The summed E-state index contributed by atoms with van der Waals surface area (Å²) in [4.78, 5) is 22.8. The first-order valence-corrected chi connectivity index (χ1v) is 7.63. The lowest BCUT2D eigenvalue weighted by Crippen LogP contribution is -2.46. The molecule has 158 valence electrons. The van der Waals surface area contributed by atoms with Gasteiger partial charge < -0.3 is 19.9 Å². The maximum atomic E-state index is 12.8. The summed E-state index contributed by atoms with van der Waals surface area (Å²) in [5.74, 6) is -2.49. The normalized spacial score (nSPS) is 13.6. The average Bonchev–Trinajstić information content (AvgIpc) is 2.47. The van der Waals surface area contributed by atoms with Crippen molar-refractivity contribution in [1.29, 1.82) is 0 Å². The summed E-state index contributed by atoms with van der Waals surface area (Å²) in [6.45, 7) is 3.56. The summed E-state index contributed by atoms with van der Waals surface area (Å²) in [5, 5.41) is 11.0. The highest BCUT2D eigenvalue weighted by Gasteiger charge is 2.37. The number of rotatable bonds is 5. The van der Waals surface area contributed by atoms with Crippen LogP contribution in [0.4, 0.5) is 31.1 Å². The van der Waals surface area contributed by atoms with Crippen LogP contribution >= 0.6 is 0 Å². The van der Waals surface area contributed by atoms with Gasteiger partial charge in [0, 0.05) is 0 Å². The van der Waals surface area contributed by atoms with Crippen molar-refractivity contribution in [2.45, 2.75) is 44.8 Å². The molecule has 2 N–H and O–H groups in total. The van der Waals surface area contributed by atoms with E-state index in [0.717, 1.165) is 0 Å². The molecular weight excluding hydrogens is 400 g/mol. The zero-order valence-corrected chi connectivity index (χ0v) is 14.9. The molecule has 6 nitrogen and oxygen atoms in total. The molecule has 0 aromatic heterocycles. The zero-order chi connectivity index (χ0) is 21.9. The van der Waals surface area contributed by atoms with E-state index in [0.29, 0.717) is 12.1 Å². The zero-order valence-electron chi connectivity index (χ0n) is 14.9. The van der Waals surface area contributed by atoms with Gasteiger partial charge in [-0.25, -0.2) is 9.59 Å². The fourth-order valence-corrected chi connectivity index (χ4v) is 1.81. The first-order chi connectivity index (χ1) is 12.5. The fraction of sp³-hybridized carbons (Fsp3) is 0.500. The number of carboxylic acids is 1. The number of hydrogen-bond donors (Lipinski definition) is 2. The van der Waals surface area contributed by atoms with Crippen molar-refractivity contribution in [1.82, 2.24) is 5.32 Å². The van der Waals surface area contributed by atoms with E-state index in [1.165, 1.54) is 20.8 Å². The van der Waals surface area contributed by atoms with Crippen molar-refractivity contribution in [3.8, 4) is 5.75 Å². The second-order valence-electron chi connectivity index (χ2n) is 6.59. The Morgan fingerprint density at radius 2 is 1.46 bits per heavy atom. The second kappa shape index (κ2) is 8.15. The molecule has 1 amide bonds. The molecule has 0 aliphatic rings. The highest BCUT2D eigenvalue weighted by molar-refractivity contribution is 5.80. The van der Waals surface area contributed by atoms with Crippen molar-refractivity contribution >= 4 is 12.1 Å². The molecule has 1 aromatic carbocycles. The number of carboxylic acid groups (broad SMARTS) is 1. The lowest BCUT2D eigenvalue weighted by molar-refractivity contribution is -0.144. The number of aliphatic carboxylic acids is 1. The van der Waals surface area contributed by atoms with E-state index >= 15 is 0 Å². The molecule has 0 aliphatic heterocycles. The molecule has 12 heteroatoms. The Labute approximate surface area is 155 Å². The van der Waals surface area contributed by atoms with Crippen molar-refractivity contribution in [2.24, 2.45) is 0 Å². The fourth-order valence-electron chi connectivity index (χ4n) is 1.81. The summed E-state index contributed by atoms with van der Waals surface area (Å²) >= 11 is 0. The van der Waals surface area contributed by atoms with Crippen LogP contribution in [0.2, 0.25) is 0 Å². The van der Waals surface area contributed by atoms with E-state index in [1.807, 2.05) is 5.32 Å². The number of alkyl carbamates (subject to hydrolysis) is 1. The van der Waals surface area contributed by atoms with Crippen LogP contribution in [0.5, 0.6) is 5.75 Å². The molecule has 1 unspecified atom stereocenters. The van der Waals surface area contributed by atoms with Crippen molar-refractivity contribution in [3.63, 3.8) is 0 Å². The predicted octanol–water partition coefficient (Wildman–Crippen LogP) is 4.08. The maximum Gasteiger partial charge on any atom is 0.416 e. The van der Waals surface area contributed by atoms with Crippen molar-refractivity contribution < 1.29 is 50.5 Å². The summed E-state index contributed by atoms with van der Waals surface area (Å²) in [7, 11) is 0. The number of halogens is 6. The molecule has 1 rings (SSSR count). The summed E-state index contributed by atoms with van der Waals surface area (Å²) in [6, 6.07) is -1.29. The van der Waals surface area contributed by atoms with Gasteiger partial charge in [-0.05, 0) is 39.0 Å². The van der Waals surface area contributed by atoms with E-state index in [9.17, 15) is 35.9 Å². The molecule has 0 fully saturated rings. The smallest absolute Gasteiger partial charge is 0.416 e. The molecule has 28 heavy (non-hydrogen) atoms. The highest BCUT2D eigenvalue weighted by atomic mass is 19.4. The number of ether oxygens (including phenoxy) is 2. The first-order valence-electron chi connectivity index (χ1n) is 7.63. The minimum atomic E-state index is -5.08. The Balaban J connectivity index is 3.01. The van der Waals surface area contributed by atoms with Gasteiger partial charge in [0.25, 0.3) is 0 Å². The molecule has 0 bridgehead atoms. The molecular formula is C16H17F6NO5.